The third-order valence-corrected chi connectivity index (χ3v) is 4.71. The van der Waals surface area contributed by atoms with E-state index in [0.717, 1.165) is 30.3 Å². The molecule has 1 aliphatic carbocycles. The molecule has 0 N–H and O–H groups in total. The first kappa shape index (κ1) is 16.0. The second-order valence-corrected chi connectivity index (χ2v) is 7.13. The molecule has 1 heterocycles. The van der Waals surface area contributed by atoms with Crippen LogP contribution in [0.15, 0.2) is 10.8 Å². The summed E-state index contributed by atoms with van der Waals surface area (Å²) in [7, 11) is -5.32. The molecule has 2 rings (SSSR count). The summed E-state index contributed by atoms with van der Waals surface area (Å²) in [6.45, 7) is 1.38. The van der Waals surface area contributed by atoms with Crippen LogP contribution in [-0.2, 0) is 14.6 Å². The SMILES string of the molecule is CC(=O)N(c1nc(/C=C/S(=O)(=O)C(F)(F)F)cs1)C1CC1. The van der Waals surface area contributed by atoms with Crippen LogP contribution in [0, 0.1) is 0 Å². The number of thiazole rings is 1. The predicted octanol–water partition coefficient (Wildman–Crippen LogP) is 2.56. The Morgan fingerprint density at radius 1 is 1.48 bits per heavy atom. The van der Waals surface area contributed by atoms with Crippen molar-refractivity contribution in [1.82, 2.24) is 4.98 Å². The van der Waals surface area contributed by atoms with Gasteiger partial charge >= 0.3 is 5.51 Å². The van der Waals surface area contributed by atoms with Crippen molar-refractivity contribution in [3.8, 4) is 0 Å². The lowest BCUT2D eigenvalue weighted by Crippen LogP contribution is -2.30. The summed E-state index contributed by atoms with van der Waals surface area (Å²) < 4.78 is 58.3. The molecule has 0 aliphatic heterocycles. The zero-order valence-electron chi connectivity index (χ0n) is 10.8. The van der Waals surface area contributed by atoms with E-state index in [2.05, 4.69) is 4.98 Å². The average molecular weight is 340 g/mol. The number of rotatable bonds is 4. The number of carbonyl (C=O) groups is 1. The van der Waals surface area contributed by atoms with Crippen LogP contribution in [0.5, 0.6) is 0 Å². The van der Waals surface area contributed by atoms with Gasteiger partial charge in [-0.05, 0) is 18.9 Å². The lowest BCUT2D eigenvalue weighted by molar-refractivity contribution is -0.116. The van der Waals surface area contributed by atoms with Crippen LogP contribution in [0.3, 0.4) is 0 Å². The smallest absolute Gasteiger partial charge is 0.285 e. The molecule has 0 spiro atoms. The van der Waals surface area contributed by atoms with Crippen molar-refractivity contribution in [3.05, 3.63) is 16.5 Å². The number of alkyl halides is 3. The Hall–Kier alpha value is -1.42. The molecule has 0 aromatic carbocycles. The minimum atomic E-state index is -5.33. The van der Waals surface area contributed by atoms with Gasteiger partial charge < -0.3 is 0 Å². The summed E-state index contributed by atoms with van der Waals surface area (Å²) in [5.41, 5.74) is -5.27. The minimum Gasteiger partial charge on any atom is -0.285 e. The van der Waals surface area contributed by atoms with E-state index in [0.29, 0.717) is 5.13 Å². The third-order valence-electron chi connectivity index (χ3n) is 2.71. The highest BCUT2D eigenvalue weighted by atomic mass is 32.2. The molecule has 10 heteroatoms. The van der Waals surface area contributed by atoms with Gasteiger partial charge in [0, 0.05) is 23.8 Å². The Balaban J connectivity index is 2.19. The molecule has 1 saturated carbocycles. The molecule has 5 nitrogen and oxygen atoms in total. The summed E-state index contributed by atoms with van der Waals surface area (Å²) in [6, 6.07) is 0.0735. The maximum atomic E-state index is 12.2. The van der Waals surface area contributed by atoms with E-state index < -0.39 is 15.3 Å². The van der Waals surface area contributed by atoms with Crippen LogP contribution in [0.4, 0.5) is 18.3 Å². The molecule has 21 heavy (non-hydrogen) atoms. The second-order valence-electron chi connectivity index (χ2n) is 4.47. The number of aromatic nitrogens is 1. The van der Waals surface area contributed by atoms with Crippen molar-refractivity contribution < 1.29 is 26.4 Å². The molecule has 1 aromatic rings. The molecule has 1 amide bonds. The maximum absolute atomic E-state index is 12.2. The summed E-state index contributed by atoms with van der Waals surface area (Å²) in [4.78, 5) is 17.0. The van der Waals surface area contributed by atoms with E-state index >= 15 is 0 Å². The number of hydrogen-bond donors (Lipinski definition) is 0. The van der Waals surface area contributed by atoms with Crippen LogP contribution in [-0.4, -0.2) is 30.9 Å². The number of halogens is 3. The zero-order chi connectivity index (χ0) is 15.8. The van der Waals surface area contributed by atoms with Gasteiger partial charge in [0.2, 0.25) is 5.91 Å². The number of hydrogen-bond acceptors (Lipinski definition) is 5. The van der Waals surface area contributed by atoms with Crippen LogP contribution >= 0.6 is 11.3 Å². The summed E-state index contributed by atoms with van der Waals surface area (Å²) in [6.07, 6.45) is 2.48. The van der Waals surface area contributed by atoms with Crippen LogP contribution < -0.4 is 4.90 Å². The van der Waals surface area contributed by atoms with Crippen molar-refractivity contribution in [2.24, 2.45) is 0 Å². The van der Waals surface area contributed by atoms with E-state index in [1.54, 1.807) is 0 Å². The van der Waals surface area contributed by atoms with Crippen LogP contribution in [0.1, 0.15) is 25.5 Å². The topological polar surface area (TPSA) is 67.3 Å². The van der Waals surface area contributed by atoms with Gasteiger partial charge in [0.25, 0.3) is 9.84 Å². The first-order valence-electron chi connectivity index (χ1n) is 5.86. The van der Waals surface area contributed by atoms with Crippen molar-refractivity contribution >= 4 is 38.3 Å². The normalized spacial score (nSPS) is 16.4. The molecule has 1 fully saturated rings. The van der Waals surface area contributed by atoms with Crippen molar-refractivity contribution in [1.29, 1.82) is 0 Å². The van der Waals surface area contributed by atoms with Gasteiger partial charge in [0.1, 0.15) is 0 Å². The van der Waals surface area contributed by atoms with Gasteiger partial charge in [-0.15, -0.1) is 11.3 Å². The van der Waals surface area contributed by atoms with Gasteiger partial charge in [-0.1, -0.05) is 0 Å². The maximum Gasteiger partial charge on any atom is 0.501 e. The monoisotopic (exact) mass is 340 g/mol. The molecule has 116 valence electrons. The summed E-state index contributed by atoms with van der Waals surface area (Å²) >= 11 is 1.08. The fraction of sp³-hybridized carbons (Fsp3) is 0.455. The van der Waals surface area contributed by atoms with Gasteiger partial charge in [0.05, 0.1) is 5.69 Å². The molecule has 1 aliphatic rings. The highest BCUT2D eigenvalue weighted by Gasteiger charge is 2.43. The Morgan fingerprint density at radius 3 is 2.57 bits per heavy atom. The highest BCUT2D eigenvalue weighted by Crippen LogP contribution is 2.34. The number of anilines is 1. The van der Waals surface area contributed by atoms with Gasteiger partial charge in [-0.25, -0.2) is 13.4 Å². The molecular weight excluding hydrogens is 329 g/mol. The Morgan fingerprint density at radius 2 is 2.10 bits per heavy atom. The lowest BCUT2D eigenvalue weighted by atomic mass is 10.5. The zero-order valence-corrected chi connectivity index (χ0v) is 12.4. The Kier molecular flexibility index (Phi) is 4.11. The molecule has 0 atom stereocenters. The van der Waals surface area contributed by atoms with E-state index in [1.807, 2.05) is 0 Å². The molecule has 0 radical (unpaired) electrons. The predicted molar refractivity (Wildman–Crippen MR) is 72.3 cm³/mol. The minimum absolute atomic E-state index is 0.0646. The Bertz CT molecular complexity index is 675. The largest absolute Gasteiger partial charge is 0.501 e. The van der Waals surface area contributed by atoms with Gasteiger partial charge in [0.15, 0.2) is 5.13 Å². The number of amides is 1. The average Bonchev–Trinajstić information content (AvgIpc) is 3.04. The lowest BCUT2D eigenvalue weighted by Gasteiger charge is -2.16. The second kappa shape index (κ2) is 5.41. The van der Waals surface area contributed by atoms with Crippen LogP contribution in [0.2, 0.25) is 0 Å². The molecule has 1 aromatic heterocycles. The van der Waals surface area contributed by atoms with E-state index in [4.69, 9.17) is 0 Å². The van der Waals surface area contributed by atoms with E-state index in [-0.39, 0.29) is 23.1 Å². The first-order valence-corrected chi connectivity index (χ1v) is 8.29. The standard InChI is InChI=1S/C11H11F3N2O3S2/c1-7(17)16(9-2-3-9)10-15-8(6-20-10)4-5-21(18,19)11(12,13)14/h4-6,9H,2-3H2,1H3/b5-4+. The first-order chi connectivity index (χ1) is 9.62. The fourth-order valence-electron chi connectivity index (χ4n) is 1.58. The van der Waals surface area contributed by atoms with E-state index in [9.17, 15) is 26.4 Å². The van der Waals surface area contributed by atoms with Crippen LogP contribution in [0.25, 0.3) is 6.08 Å². The van der Waals surface area contributed by atoms with E-state index in [1.165, 1.54) is 17.2 Å². The van der Waals surface area contributed by atoms with Gasteiger partial charge in [-0.3, -0.25) is 9.69 Å². The molecule has 0 saturated heterocycles. The molecular formula is C11H11F3N2O3S2. The molecule has 0 unspecified atom stereocenters. The summed E-state index contributed by atoms with van der Waals surface area (Å²) in [5.74, 6) is -0.203. The van der Waals surface area contributed by atoms with Crippen molar-refractivity contribution in [2.45, 2.75) is 31.3 Å². The van der Waals surface area contributed by atoms with Crippen molar-refractivity contribution in [3.63, 3.8) is 0 Å². The van der Waals surface area contributed by atoms with Gasteiger partial charge in [-0.2, -0.15) is 13.2 Å². The molecule has 0 bridgehead atoms. The number of nitrogens with zero attached hydrogens (tertiary/aromatic N) is 2. The highest BCUT2D eigenvalue weighted by molar-refractivity contribution is 7.95. The Labute approximate surface area is 123 Å². The third kappa shape index (κ3) is 3.62. The fourth-order valence-corrected chi connectivity index (χ4v) is 2.96. The van der Waals surface area contributed by atoms with Crippen molar-refractivity contribution in [2.75, 3.05) is 4.90 Å². The number of sulfone groups is 1. The quantitative estimate of drug-likeness (QED) is 0.845. The summed E-state index contributed by atoms with van der Waals surface area (Å²) in [5, 5.41) is 1.82. The number of carbonyl (C=O) groups excluding carboxylic acids is 1.